The third-order valence-electron chi connectivity index (χ3n) is 3.46. The van der Waals surface area contributed by atoms with Gasteiger partial charge in [-0.15, -0.1) is 6.42 Å². The molecule has 0 amide bonds. The Morgan fingerprint density at radius 2 is 2.14 bits per heavy atom. The summed E-state index contributed by atoms with van der Waals surface area (Å²) in [5, 5.41) is 3.59. The Kier molecular flexibility index (Phi) is 4.48. The van der Waals surface area contributed by atoms with Gasteiger partial charge in [-0.2, -0.15) is 0 Å². The van der Waals surface area contributed by atoms with Gasteiger partial charge in [-0.25, -0.2) is 0 Å². The van der Waals surface area contributed by atoms with Crippen molar-refractivity contribution in [3.8, 4) is 12.3 Å². The van der Waals surface area contributed by atoms with E-state index in [1.54, 1.807) is 0 Å². The van der Waals surface area contributed by atoms with E-state index >= 15 is 0 Å². The van der Waals surface area contributed by atoms with Crippen molar-refractivity contribution in [1.82, 2.24) is 5.32 Å². The summed E-state index contributed by atoms with van der Waals surface area (Å²) in [4.78, 5) is 0. The van der Waals surface area contributed by atoms with Crippen LogP contribution in [0.15, 0.2) is 0 Å². The molecular weight excluding hydrogens is 170 g/mol. The number of hydrogen-bond donors (Lipinski definition) is 1. The third-order valence-corrected chi connectivity index (χ3v) is 3.46. The maximum Gasteiger partial charge on any atom is 0.0686 e. The lowest BCUT2D eigenvalue weighted by molar-refractivity contribution is 0.221. The van der Waals surface area contributed by atoms with Crippen molar-refractivity contribution >= 4 is 0 Å². The Hall–Kier alpha value is -0.480. The molecule has 1 aliphatic rings. The van der Waals surface area contributed by atoms with Crippen LogP contribution in [0, 0.1) is 24.2 Å². The molecule has 14 heavy (non-hydrogen) atoms. The Morgan fingerprint density at radius 1 is 1.43 bits per heavy atom. The quantitative estimate of drug-likeness (QED) is 0.680. The highest BCUT2D eigenvalue weighted by Crippen LogP contribution is 2.28. The molecule has 4 atom stereocenters. The minimum atomic E-state index is 0.274. The Bertz CT molecular complexity index is 204. The van der Waals surface area contributed by atoms with Crippen molar-refractivity contribution in [2.45, 2.75) is 58.5 Å². The number of rotatable bonds is 3. The molecule has 0 aliphatic heterocycles. The molecule has 1 saturated carbocycles. The van der Waals surface area contributed by atoms with Crippen LogP contribution in [0.3, 0.4) is 0 Å². The lowest BCUT2D eigenvalue weighted by Crippen LogP contribution is -2.43. The fourth-order valence-corrected chi connectivity index (χ4v) is 2.46. The van der Waals surface area contributed by atoms with Gasteiger partial charge in [0.1, 0.15) is 0 Å². The van der Waals surface area contributed by atoms with Crippen molar-refractivity contribution < 1.29 is 0 Å². The summed E-state index contributed by atoms with van der Waals surface area (Å²) in [6.07, 6.45) is 10.5. The van der Waals surface area contributed by atoms with Crippen molar-refractivity contribution in [1.29, 1.82) is 0 Å². The maximum absolute atomic E-state index is 5.46. The smallest absolute Gasteiger partial charge is 0.0686 e. The lowest BCUT2D eigenvalue weighted by Gasteiger charge is -2.34. The van der Waals surface area contributed by atoms with E-state index in [0.717, 1.165) is 18.3 Å². The van der Waals surface area contributed by atoms with E-state index in [-0.39, 0.29) is 6.04 Å². The third kappa shape index (κ3) is 3.03. The SMILES string of the molecule is C#CC(CC)NC1CCC(C)CC1C. The van der Waals surface area contributed by atoms with Gasteiger partial charge in [0, 0.05) is 6.04 Å². The minimum Gasteiger partial charge on any atom is -0.301 e. The first-order valence-electron chi connectivity index (χ1n) is 5.89. The van der Waals surface area contributed by atoms with Gasteiger partial charge < -0.3 is 5.32 Å². The highest BCUT2D eigenvalue weighted by atomic mass is 15.0. The van der Waals surface area contributed by atoms with Crippen LogP contribution in [0.5, 0.6) is 0 Å². The maximum atomic E-state index is 5.46. The molecule has 0 radical (unpaired) electrons. The van der Waals surface area contributed by atoms with Crippen molar-refractivity contribution in [2.24, 2.45) is 11.8 Å². The van der Waals surface area contributed by atoms with Gasteiger partial charge >= 0.3 is 0 Å². The topological polar surface area (TPSA) is 12.0 Å². The number of terminal acetylenes is 1. The van der Waals surface area contributed by atoms with Crippen molar-refractivity contribution in [2.75, 3.05) is 0 Å². The lowest BCUT2D eigenvalue weighted by atomic mass is 9.79. The average Bonchev–Trinajstić information content (AvgIpc) is 2.17. The van der Waals surface area contributed by atoms with Gasteiger partial charge in [0.2, 0.25) is 0 Å². The van der Waals surface area contributed by atoms with E-state index in [0.29, 0.717) is 6.04 Å². The molecular formula is C13H23N. The molecule has 4 unspecified atom stereocenters. The second-order valence-electron chi connectivity index (χ2n) is 4.80. The van der Waals surface area contributed by atoms with E-state index in [1.807, 2.05) is 0 Å². The molecule has 1 aliphatic carbocycles. The molecule has 0 aromatic carbocycles. The minimum absolute atomic E-state index is 0.274. The van der Waals surface area contributed by atoms with Crippen LogP contribution in [0.1, 0.15) is 46.5 Å². The largest absolute Gasteiger partial charge is 0.301 e. The van der Waals surface area contributed by atoms with Crippen LogP contribution in [0.4, 0.5) is 0 Å². The second kappa shape index (κ2) is 5.41. The number of hydrogen-bond acceptors (Lipinski definition) is 1. The summed E-state index contributed by atoms with van der Waals surface area (Å²) in [5.74, 6) is 4.50. The van der Waals surface area contributed by atoms with Gasteiger partial charge in [0.15, 0.2) is 0 Å². The Labute approximate surface area is 88.7 Å². The van der Waals surface area contributed by atoms with Crippen LogP contribution in [-0.2, 0) is 0 Å². The first kappa shape index (κ1) is 11.6. The van der Waals surface area contributed by atoms with Crippen LogP contribution in [-0.4, -0.2) is 12.1 Å². The summed E-state index contributed by atoms with van der Waals surface area (Å²) in [7, 11) is 0. The van der Waals surface area contributed by atoms with E-state index < -0.39 is 0 Å². The Balaban J connectivity index is 2.41. The zero-order valence-corrected chi connectivity index (χ0v) is 9.72. The Morgan fingerprint density at radius 3 is 2.64 bits per heavy atom. The van der Waals surface area contributed by atoms with Crippen molar-refractivity contribution in [3.05, 3.63) is 0 Å². The molecule has 0 spiro atoms. The summed E-state index contributed by atoms with van der Waals surface area (Å²) in [6, 6.07) is 0.919. The summed E-state index contributed by atoms with van der Waals surface area (Å²) in [5.41, 5.74) is 0. The van der Waals surface area contributed by atoms with Gasteiger partial charge in [-0.05, 0) is 37.5 Å². The summed E-state index contributed by atoms with van der Waals surface area (Å²) in [6.45, 7) is 6.84. The van der Waals surface area contributed by atoms with Crippen molar-refractivity contribution in [3.63, 3.8) is 0 Å². The second-order valence-corrected chi connectivity index (χ2v) is 4.80. The standard InChI is InChI=1S/C13H23N/c1-5-12(6-2)14-13-8-7-10(3)9-11(13)4/h1,10-14H,6-9H2,2-4H3. The highest BCUT2D eigenvalue weighted by molar-refractivity contribution is 5.00. The van der Waals surface area contributed by atoms with Gasteiger partial charge in [0.25, 0.3) is 0 Å². The molecule has 1 fully saturated rings. The molecule has 0 heterocycles. The van der Waals surface area contributed by atoms with Gasteiger partial charge in [-0.3, -0.25) is 0 Å². The molecule has 1 nitrogen and oxygen atoms in total. The zero-order valence-electron chi connectivity index (χ0n) is 9.72. The molecule has 80 valence electrons. The van der Waals surface area contributed by atoms with E-state index in [9.17, 15) is 0 Å². The van der Waals surface area contributed by atoms with E-state index in [4.69, 9.17) is 6.42 Å². The van der Waals surface area contributed by atoms with Gasteiger partial charge in [-0.1, -0.05) is 26.7 Å². The van der Waals surface area contributed by atoms with Crippen LogP contribution in [0.2, 0.25) is 0 Å². The molecule has 0 bridgehead atoms. The molecule has 0 aromatic heterocycles. The fourth-order valence-electron chi connectivity index (χ4n) is 2.46. The summed E-state index contributed by atoms with van der Waals surface area (Å²) >= 11 is 0. The van der Waals surface area contributed by atoms with E-state index in [2.05, 4.69) is 32.0 Å². The normalized spacial score (nSPS) is 34.9. The molecule has 1 heteroatoms. The fraction of sp³-hybridized carbons (Fsp3) is 0.846. The molecule has 1 rings (SSSR count). The zero-order chi connectivity index (χ0) is 10.6. The predicted octanol–water partition coefficient (Wildman–Crippen LogP) is 2.81. The molecule has 0 aromatic rings. The highest BCUT2D eigenvalue weighted by Gasteiger charge is 2.25. The predicted molar refractivity (Wildman–Crippen MR) is 62.0 cm³/mol. The first-order valence-corrected chi connectivity index (χ1v) is 5.89. The van der Waals surface area contributed by atoms with E-state index in [1.165, 1.54) is 19.3 Å². The van der Waals surface area contributed by atoms with Crippen LogP contribution >= 0.6 is 0 Å². The first-order chi connectivity index (χ1) is 6.67. The molecule has 0 saturated heterocycles. The molecule has 1 N–H and O–H groups in total. The van der Waals surface area contributed by atoms with Crippen LogP contribution in [0.25, 0.3) is 0 Å². The monoisotopic (exact) mass is 193 g/mol. The van der Waals surface area contributed by atoms with Crippen LogP contribution < -0.4 is 5.32 Å². The van der Waals surface area contributed by atoms with Gasteiger partial charge in [0.05, 0.1) is 6.04 Å². The summed E-state index contributed by atoms with van der Waals surface area (Å²) < 4.78 is 0. The number of nitrogens with one attached hydrogen (secondary N) is 1. The average molecular weight is 193 g/mol.